The smallest absolute Gasteiger partial charge is 0.324 e. The first kappa shape index (κ1) is 9.84. The van der Waals surface area contributed by atoms with Crippen LogP contribution in [-0.4, -0.2) is 26.2 Å². The van der Waals surface area contributed by atoms with Gasteiger partial charge in [0.1, 0.15) is 11.4 Å². The van der Waals surface area contributed by atoms with Crippen molar-refractivity contribution in [3.8, 4) is 0 Å². The molecule has 16 heavy (non-hydrogen) atoms. The van der Waals surface area contributed by atoms with E-state index in [1.165, 1.54) is 12.8 Å². The van der Waals surface area contributed by atoms with Crippen molar-refractivity contribution in [1.82, 2.24) is 9.55 Å². The number of carbonyl (C=O) groups is 1. The summed E-state index contributed by atoms with van der Waals surface area (Å²) in [7, 11) is 0. The summed E-state index contributed by atoms with van der Waals surface area (Å²) in [6.45, 7) is 0.684. The van der Waals surface area contributed by atoms with Gasteiger partial charge in [-0.1, -0.05) is 0 Å². The summed E-state index contributed by atoms with van der Waals surface area (Å²) in [6.07, 6.45) is 5.09. The Balaban J connectivity index is 1.93. The molecule has 3 N–H and O–H groups in total. The van der Waals surface area contributed by atoms with Crippen molar-refractivity contribution in [2.75, 3.05) is 0 Å². The Bertz CT molecular complexity index is 450. The van der Waals surface area contributed by atoms with E-state index in [0.717, 1.165) is 11.5 Å². The number of hydrogen-bond donors (Lipinski definition) is 2. The second kappa shape index (κ2) is 3.07. The van der Waals surface area contributed by atoms with Crippen LogP contribution in [0, 0.1) is 0 Å². The molecule has 5 nitrogen and oxygen atoms in total. The normalized spacial score (nSPS) is 28.8. The predicted octanol–water partition coefficient (Wildman–Crippen LogP) is 0.489. The molecule has 1 fully saturated rings. The second-order valence-corrected chi connectivity index (χ2v) is 4.92. The van der Waals surface area contributed by atoms with Crippen molar-refractivity contribution in [2.24, 2.45) is 5.73 Å². The molecular weight excluding hydrogens is 206 g/mol. The summed E-state index contributed by atoms with van der Waals surface area (Å²) in [6, 6.07) is 0. The minimum Gasteiger partial charge on any atom is -0.480 e. The van der Waals surface area contributed by atoms with Gasteiger partial charge in [0.25, 0.3) is 0 Å². The number of fused-ring (bicyclic) bond motifs is 1. The molecule has 1 aromatic heterocycles. The van der Waals surface area contributed by atoms with Crippen molar-refractivity contribution in [2.45, 2.75) is 43.7 Å². The van der Waals surface area contributed by atoms with E-state index in [1.54, 1.807) is 6.20 Å². The Morgan fingerprint density at radius 2 is 2.38 bits per heavy atom. The number of rotatable bonds is 2. The van der Waals surface area contributed by atoms with Crippen LogP contribution in [0.25, 0.3) is 0 Å². The van der Waals surface area contributed by atoms with Crippen LogP contribution in [0.2, 0.25) is 0 Å². The van der Waals surface area contributed by atoms with Crippen LogP contribution in [0.4, 0.5) is 0 Å². The lowest BCUT2D eigenvalue weighted by molar-refractivity contribution is -0.144. The number of imidazole rings is 1. The predicted molar refractivity (Wildman–Crippen MR) is 57.1 cm³/mol. The number of carboxylic acids is 1. The van der Waals surface area contributed by atoms with E-state index in [0.29, 0.717) is 25.3 Å². The van der Waals surface area contributed by atoms with Gasteiger partial charge in [-0.15, -0.1) is 0 Å². The zero-order chi connectivity index (χ0) is 11.3. The van der Waals surface area contributed by atoms with Gasteiger partial charge in [0.15, 0.2) is 0 Å². The van der Waals surface area contributed by atoms with Crippen molar-refractivity contribution in [1.29, 1.82) is 0 Å². The van der Waals surface area contributed by atoms with Gasteiger partial charge in [-0.2, -0.15) is 0 Å². The van der Waals surface area contributed by atoms with E-state index in [4.69, 9.17) is 10.8 Å². The van der Waals surface area contributed by atoms with E-state index in [1.807, 2.05) is 0 Å². The summed E-state index contributed by atoms with van der Waals surface area (Å²) in [4.78, 5) is 15.5. The van der Waals surface area contributed by atoms with Gasteiger partial charge in [-0.05, 0) is 19.3 Å². The fourth-order valence-electron chi connectivity index (χ4n) is 2.40. The van der Waals surface area contributed by atoms with Gasteiger partial charge >= 0.3 is 5.97 Å². The molecule has 1 unspecified atom stereocenters. The quantitative estimate of drug-likeness (QED) is 0.761. The lowest BCUT2D eigenvalue weighted by atomic mass is 9.88. The van der Waals surface area contributed by atoms with E-state index in [2.05, 4.69) is 9.55 Å². The lowest BCUT2D eigenvalue weighted by Gasteiger charge is -2.30. The largest absolute Gasteiger partial charge is 0.480 e. The van der Waals surface area contributed by atoms with Crippen LogP contribution >= 0.6 is 0 Å². The SMILES string of the molecule is NC1(C(=O)O)CCn2c(cnc2C2CC2)C1. The van der Waals surface area contributed by atoms with Crippen LogP contribution < -0.4 is 5.73 Å². The first-order valence-corrected chi connectivity index (χ1v) is 5.67. The highest BCUT2D eigenvalue weighted by molar-refractivity contribution is 5.79. The minimum atomic E-state index is -1.10. The van der Waals surface area contributed by atoms with E-state index in [-0.39, 0.29) is 0 Å². The number of nitrogens with zero attached hydrogens (tertiary/aromatic N) is 2. The number of carboxylic acid groups (broad SMARTS) is 1. The Hall–Kier alpha value is -1.36. The third-order valence-electron chi connectivity index (χ3n) is 3.62. The molecule has 0 spiro atoms. The number of aromatic nitrogens is 2. The van der Waals surface area contributed by atoms with E-state index >= 15 is 0 Å². The first-order chi connectivity index (χ1) is 7.60. The van der Waals surface area contributed by atoms with Crippen LogP contribution in [-0.2, 0) is 17.8 Å². The molecule has 0 aromatic carbocycles. The molecule has 1 aromatic rings. The standard InChI is InChI=1S/C11H15N3O2/c12-11(10(15)16)3-4-14-8(5-11)6-13-9(14)7-1-2-7/h6-7H,1-5,12H2,(H,15,16). The molecule has 2 heterocycles. The Labute approximate surface area is 93.3 Å². The number of hydrogen-bond acceptors (Lipinski definition) is 3. The molecule has 86 valence electrons. The molecular formula is C11H15N3O2. The van der Waals surface area contributed by atoms with E-state index in [9.17, 15) is 4.79 Å². The summed E-state index contributed by atoms with van der Waals surface area (Å²) < 4.78 is 2.16. The molecule has 0 amide bonds. The summed E-state index contributed by atoms with van der Waals surface area (Å²) in [5, 5.41) is 9.10. The molecule has 2 aliphatic rings. The third kappa shape index (κ3) is 1.35. The first-order valence-electron chi connectivity index (χ1n) is 5.67. The average molecular weight is 221 g/mol. The summed E-state index contributed by atoms with van der Waals surface area (Å²) in [5.41, 5.74) is 5.75. The molecule has 1 atom stereocenters. The Morgan fingerprint density at radius 1 is 1.62 bits per heavy atom. The van der Waals surface area contributed by atoms with Crippen LogP contribution in [0.5, 0.6) is 0 Å². The summed E-state index contributed by atoms with van der Waals surface area (Å²) in [5.74, 6) is 0.819. The molecule has 0 radical (unpaired) electrons. The minimum absolute atomic E-state index is 0.391. The van der Waals surface area contributed by atoms with Gasteiger partial charge < -0.3 is 15.4 Å². The van der Waals surface area contributed by atoms with E-state index < -0.39 is 11.5 Å². The number of nitrogens with two attached hydrogens (primary N) is 1. The molecule has 1 saturated carbocycles. The maximum Gasteiger partial charge on any atom is 0.324 e. The third-order valence-corrected chi connectivity index (χ3v) is 3.62. The Kier molecular flexibility index (Phi) is 1.89. The topological polar surface area (TPSA) is 81.1 Å². The maximum absolute atomic E-state index is 11.1. The van der Waals surface area contributed by atoms with Gasteiger partial charge in [-0.25, -0.2) is 4.98 Å². The Morgan fingerprint density at radius 3 is 3.00 bits per heavy atom. The second-order valence-electron chi connectivity index (χ2n) is 4.92. The highest BCUT2D eigenvalue weighted by atomic mass is 16.4. The molecule has 1 aliphatic heterocycles. The van der Waals surface area contributed by atoms with Crippen molar-refractivity contribution >= 4 is 5.97 Å². The van der Waals surface area contributed by atoms with Gasteiger partial charge in [0.2, 0.25) is 0 Å². The lowest BCUT2D eigenvalue weighted by Crippen LogP contribution is -2.53. The zero-order valence-corrected chi connectivity index (χ0v) is 9.02. The molecule has 0 bridgehead atoms. The maximum atomic E-state index is 11.1. The highest BCUT2D eigenvalue weighted by Gasteiger charge is 2.40. The van der Waals surface area contributed by atoms with Gasteiger partial charge in [-0.3, -0.25) is 4.79 Å². The fourth-order valence-corrected chi connectivity index (χ4v) is 2.40. The molecule has 3 rings (SSSR count). The van der Waals surface area contributed by atoms with Crippen LogP contribution in [0.3, 0.4) is 0 Å². The number of aliphatic carboxylic acids is 1. The van der Waals surface area contributed by atoms with Crippen molar-refractivity contribution < 1.29 is 9.90 Å². The average Bonchev–Trinajstić information content (AvgIpc) is 2.99. The zero-order valence-electron chi connectivity index (χ0n) is 9.02. The summed E-state index contributed by atoms with van der Waals surface area (Å²) >= 11 is 0. The molecule has 5 heteroatoms. The monoisotopic (exact) mass is 221 g/mol. The van der Waals surface area contributed by atoms with Crippen molar-refractivity contribution in [3.05, 3.63) is 17.7 Å². The van der Waals surface area contributed by atoms with Crippen LogP contribution in [0.15, 0.2) is 6.20 Å². The molecule has 0 saturated heterocycles. The van der Waals surface area contributed by atoms with Gasteiger partial charge in [0, 0.05) is 30.8 Å². The molecule has 1 aliphatic carbocycles. The highest BCUT2D eigenvalue weighted by Crippen LogP contribution is 2.40. The van der Waals surface area contributed by atoms with Gasteiger partial charge in [0.05, 0.1) is 0 Å². The fraction of sp³-hybridized carbons (Fsp3) is 0.636. The van der Waals surface area contributed by atoms with Crippen molar-refractivity contribution in [3.63, 3.8) is 0 Å². The van der Waals surface area contributed by atoms with Crippen LogP contribution in [0.1, 0.15) is 36.7 Å².